The highest BCUT2D eigenvalue weighted by Gasteiger charge is 2.49. The molecule has 5 heterocycles. The Morgan fingerprint density at radius 1 is 1.24 bits per heavy atom. The fourth-order valence-electron chi connectivity index (χ4n) is 5.44. The van der Waals surface area contributed by atoms with Crippen molar-refractivity contribution in [2.45, 2.75) is 69.9 Å². The maximum atomic E-state index is 15.4. The van der Waals surface area contributed by atoms with E-state index in [9.17, 15) is 18.3 Å². The zero-order valence-corrected chi connectivity index (χ0v) is 19.6. The molecule has 0 saturated carbocycles. The van der Waals surface area contributed by atoms with Gasteiger partial charge in [0, 0.05) is 61.5 Å². The molecule has 0 bridgehead atoms. The monoisotopic (exact) mass is 503 g/mol. The number of hydrogen-bond acceptors (Lipinski definition) is 6. The van der Waals surface area contributed by atoms with E-state index in [4.69, 9.17) is 9.47 Å². The maximum Gasteiger partial charge on any atom is 0.425 e. The molecular formula is C23H29F4N3O3S. The number of ether oxygens (including phenoxy) is 2. The second-order valence-corrected chi connectivity index (χ2v) is 10.5. The Morgan fingerprint density at radius 2 is 2.03 bits per heavy atom. The zero-order chi connectivity index (χ0) is 23.9. The molecule has 2 aromatic heterocycles. The second kappa shape index (κ2) is 9.50. The van der Waals surface area contributed by atoms with Crippen LogP contribution < -0.4 is 0 Å². The minimum absolute atomic E-state index is 0.0289. The van der Waals surface area contributed by atoms with Crippen molar-refractivity contribution in [1.82, 2.24) is 14.7 Å². The fraction of sp³-hybridized carbons (Fsp3) is 0.696. The summed E-state index contributed by atoms with van der Waals surface area (Å²) in [5.41, 5.74) is 0.245. The third-order valence-corrected chi connectivity index (χ3v) is 8.74. The summed E-state index contributed by atoms with van der Waals surface area (Å²) >= 11 is 0.608. The normalized spacial score (nSPS) is 26.8. The van der Waals surface area contributed by atoms with Crippen LogP contribution in [0.15, 0.2) is 12.4 Å². The Balaban J connectivity index is 1.28. The van der Waals surface area contributed by atoms with Gasteiger partial charge in [-0.05, 0) is 37.2 Å². The molecule has 0 amide bonds. The Hall–Kier alpha value is -1.53. The number of aromatic nitrogens is 2. The first-order valence-electron chi connectivity index (χ1n) is 11.7. The molecule has 3 aliphatic heterocycles. The summed E-state index contributed by atoms with van der Waals surface area (Å²) in [6.45, 7) is 2.65. The van der Waals surface area contributed by atoms with Crippen LogP contribution in [0.1, 0.15) is 52.1 Å². The molecule has 1 N–H and O–H groups in total. The average molecular weight is 504 g/mol. The summed E-state index contributed by atoms with van der Waals surface area (Å²) in [5.74, 6) is 0.527. The van der Waals surface area contributed by atoms with Gasteiger partial charge in [0.1, 0.15) is 10.5 Å². The Bertz CT molecular complexity index is 1000. The number of piperidine rings is 1. The van der Waals surface area contributed by atoms with Crippen LogP contribution in [0.25, 0.3) is 0 Å². The van der Waals surface area contributed by atoms with Gasteiger partial charge in [-0.15, -0.1) is 11.3 Å². The molecule has 188 valence electrons. The third-order valence-electron chi connectivity index (χ3n) is 7.23. The smallest absolute Gasteiger partial charge is 0.392 e. The van der Waals surface area contributed by atoms with Gasteiger partial charge in [0.05, 0.1) is 19.4 Å². The molecule has 0 aliphatic carbocycles. The summed E-state index contributed by atoms with van der Waals surface area (Å²) in [5, 5.41) is 14.1. The minimum atomic E-state index is -4.55. The number of aliphatic hydroxyl groups excluding tert-OH is 1. The molecular weight excluding hydrogens is 474 g/mol. The average Bonchev–Trinajstić information content (AvgIpc) is 3.41. The molecule has 11 heteroatoms. The van der Waals surface area contributed by atoms with Gasteiger partial charge in [-0.3, -0.25) is 9.58 Å². The molecule has 6 nitrogen and oxygen atoms in total. The van der Waals surface area contributed by atoms with Crippen LogP contribution in [0.4, 0.5) is 17.6 Å². The summed E-state index contributed by atoms with van der Waals surface area (Å²) in [7, 11) is 0. The van der Waals surface area contributed by atoms with Crippen molar-refractivity contribution in [1.29, 1.82) is 0 Å². The van der Waals surface area contributed by atoms with Crippen molar-refractivity contribution in [2.24, 2.45) is 5.92 Å². The van der Waals surface area contributed by atoms with E-state index >= 15 is 4.39 Å². The summed E-state index contributed by atoms with van der Waals surface area (Å²) in [4.78, 5) is 1.34. The number of hydrogen-bond donors (Lipinski definition) is 1. The first-order chi connectivity index (χ1) is 16.3. The molecule has 2 saturated heterocycles. The van der Waals surface area contributed by atoms with E-state index in [1.54, 1.807) is 11.1 Å². The lowest BCUT2D eigenvalue weighted by atomic mass is 9.83. The maximum absolute atomic E-state index is 15.4. The van der Waals surface area contributed by atoms with Crippen molar-refractivity contribution in [3.63, 3.8) is 0 Å². The van der Waals surface area contributed by atoms with E-state index in [1.807, 2.05) is 10.9 Å². The van der Waals surface area contributed by atoms with Crippen molar-refractivity contribution in [3.8, 4) is 0 Å². The fourth-order valence-corrected chi connectivity index (χ4v) is 6.85. The molecule has 0 aromatic carbocycles. The van der Waals surface area contributed by atoms with Gasteiger partial charge in [-0.2, -0.15) is 18.3 Å². The summed E-state index contributed by atoms with van der Waals surface area (Å²) in [6, 6.07) is 0. The number of halogens is 4. The molecule has 5 rings (SSSR count). The van der Waals surface area contributed by atoms with Crippen LogP contribution in [0, 0.1) is 5.92 Å². The van der Waals surface area contributed by atoms with Gasteiger partial charge in [0.2, 0.25) is 0 Å². The Morgan fingerprint density at radius 3 is 2.74 bits per heavy atom. The third kappa shape index (κ3) is 4.65. The number of thiophene rings is 1. The second-order valence-electron chi connectivity index (χ2n) is 9.45. The predicted molar refractivity (Wildman–Crippen MR) is 117 cm³/mol. The van der Waals surface area contributed by atoms with E-state index in [1.165, 1.54) is 0 Å². The quantitative estimate of drug-likeness (QED) is 0.489. The standard InChI is InChI=1S/C23H29F4N3O3S/c24-19-9-22(20-17(3-8-33-22)18(14-31)21(34-20)23(25,26)27)4-5-29(19)11-16-10-28-30(13-16)12-15-1-6-32-7-2-15/h10,13,15,19,31H,1-9,11-12,14H2/t19-,22-/m1/s1. The van der Waals surface area contributed by atoms with E-state index in [2.05, 4.69) is 5.10 Å². The van der Waals surface area contributed by atoms with Crippen LogP contribution >= 0.6 is 11.3 Å². The number of likely N-dealkylation sites (tertiary alicyclic amines) is 1. The van der Waals surface area contributed by atoms with Gasteiger partial charge in [0.15, 0.2) is 6.30 Å². The largest absolute Gasteiger partial charge is 0.425 e. The minimum Gasteiger partial charge on any atom is -0.392 e. The first-order valence-corrected chi connectivity index (χ1v) is 12.5. The van der Waals surface area contributed by atoms with Crippen molar-refractivity contribution in [2.75, 3.05) is 26.4 Å². The topological polar surface area (TPSA) is 59.8 Å². The summed E-state index contributed by atoms with van der Waals surface area (Å²) < 4.78 is 69.4. The number of alkyl halides is 4. The molecule has 0 unspecified atom stereocenters. The van der Waals surface area contributed by atoms with Gasteiger partial charge in [-0.25, -0.2) is 4.39 Å². The Labute approximate surface area is 199 Å². The highest BCUT2D eigenvalue weighted by Crippen LogP contribution is 2.51. The molecule has 3 aliphatic rings. The highest BCUT2D eigenvalue weighted by molar-refractivity contribution is 7.12. The summed E-state index contributed by atoms with van der Waals surface area (Å²) in [6.07, 6.45) is 0.487. The molecule has 2 fully saturated rings. The highest BCUT2D eigenvalue weighted by atomic mass is 32.1. The SMILES string of the molecule is OCc1c(C(F)(F)F)sc2c1CCO[C@@]21CCN(Cc2cnn(CC3CCOCC3)c2)[C@@H](F)C1. The van der Waals surface area contributed by atoms with Crippen LogP contribution in [-0.4, -0.2) is 52.4 Å². The van der Waals surface area contributed by atoms with E-state index in [0.29, 0.717) is 53.6 Å². The van der Waals surface area contributed by atoms with E-state index in [-0.39, 0.29) is 18.6 Å². The van der Waals surface area contributed by atoms with Gasteiger partial charge in [-0.1, -0.05) is 0 Å². The predicted octanol–water partition coefficient (Wildman–Crippen LogP) is 4.24. The first kappa shape index (κ1) is 24.2. The van der Waals surface area contributed by atoms with Gasteiger partial charge in [0.25, 0.3) is 0 Å². The molecule has 1 spiro atoms. The van der Waals surface area contributed by atoms with Crippen molar-refractivity contribution in [3.05, 3.63) is 38.8 Å². The number of aliphatic hydroxyl groups is 1. The van der Waals surface area contributed by atoms with Crippen LogP contribution in [0.3, 0.4) is 0 Å². The van der Waals surface area contributed by atoms with Crippen LogP contribution in [-0.2, 0) is 47.4 Å². The molecule has 0 radical (unpaired) electrons. The van der Waals surface area contributed by atoms with Crippen molar-refractivity contribution >= 4 is 11.3 Å². The van der Waals surface area contributed by atoms with E-state index in [0.717, 1.165) is 38.2 Å². The van der Waals surface area contributed by atoms with Crippen molar-refractivity contribution < 1.29 is 32.1 Å². The van der Waals surface area contributed by atoms with E-state index < -0.39 is 29.6 Å². The zero-order valence-electron chi connectivity index (χ0n) is 18.8. The van der Waals surface area contributed by atoms with Gasteiger partial charge >= 0.3 is 6.18 Å². The molecule has 34 heavy (non-hydrogen) atoms. The lowest BCUT2D eigenvalue weighted by Crippen LogP contribution is -2.49. The molecule has 2 atom stereocenters. The van der Waals surface area contributed by atoms with Crippen LogP contribution in [0.2, 0.25) is 0 Å². The lowest BCUT2D eigenvalue weighted by Gasteiger charge is -2.45. The number of fused-ring (bicyclic) bond motifs is 2. The molecule has 2 aromatic rings. The van der Waals surface area contributed by atoms with Crippen LogP contribution in [0.5, 0.6) is 0 Å². The number of nitrogens with zero attached hydrogens (tertiary/aromatic N) is 3. The Kier molecular flexibility index (Phi) is 6.75. The lowest BCUT2D eigenvalue weighted by molar-refractivity contribution is -0.136. The van der Waals surface area contributed by atoms with Gasteiger partial charge < -0.3 is 14.6 Å². The number of rotatable bonds is 5.